The van der Waals surface area contributed by atoms with E-state index in [1.54, 1.807) is 10.9 Å². The number of rotatable bonds is 3. The summed E-state index contributed by atoms with van der Waals surface area (Å²) in [7, 11) is -3.93. The molecule has 5 nitrogen and oxygen atoms in total. The number of para-hydroxylation sites is 2. The molecule has 0 aliphatic heterocycles. The zero-order valence-corrected chi connectivity index (χ0v) is 8.84. The molecule has 0 bridgehead atoms. The average molecular weight is 226 g/mol. The third kappa shape index (κ3) is 2.45. The Hall–Kier alpha value is -1.16. The highest BCUT2D eigenvalue weighted by Gasteiger charge is 2.13. The molecule has 2 N–H and O–H groups in total. The summed E-state index contributed by atoms with van der Waals surface area (Å²) in [5.41, 5.74) is 1.73. The lowest BCUT2D eigenvalue weighted by Crippen LogP contribution is -2.01. The van der Waals surface area contributed by atoms with Crippen LogP contribution in [0.5, 0.6) is 0 Å². The topological polar surface area (TPSA) is 75.3 Å². The SMILES string of the molecule is O=P(O)(O)CCn1cnc2ccccc21. The van der Waals surface area contributed by atoms with Gasteiger partial charge in [-0.1, -0.05) is 12.1 Å². The van der Waals surface area contributed by atoms with Crippen LogP contribution in [0.1, 0.15) is 0 Å². The average Bonchev–Trinajstić information content (AvgIpc) is 2.57. The maximum Gasteiger partial charge on any atom is 0.327 e. The molecule has 0 saturated carbocycles. The van der Waals surface area contributed by atoms with Crippen LogP contribution in [0, 0.1) is 0 Å². The number of fused-ring (bicyclic) bond motifs is 1. The third-order valence-electron chi connectivity index (χ3n) is 2.16. The van der Waals surface area contributed by atoms with Crippen molar-refractivity contribution >= 4 is 18.6 Å². The Kier molecular flexibility index (Phi) is 2.61. The van der Waals surface area contributed by atoms with Gasteiger partial charge in [0.25, 0.3) is 0 Å². The summed E-state index contributed by atoms with van der Waals surface area (Å²) in [5, 5.41) is 0. The molecule has 1 aromatic carbocycles. The van der Waals surface area contributed by atoms with Crippen LogP contribution in [0.3, 0.4) is 0 Å². The van der Waals surface area contributed by atoms with E-state index in [1.165, 1.54) is 0 Å². The molecule has 0 radical (unpaired) electrons. The van der Waals surface area contributed by atoms with Crippen LogP contribution in [0.25, 0.3) is 11.0 Å². The summed E-state index contributed by atoms with van der Waals surface area (Å²) >= 11 is 0. The second kappa shape index (κ2) is 3.77. The van der Waals surface area contributed by atoms with Crippen molar-refractivity contribution in [3.8, 4) is 0 Å². The number of imidazole rings is 1. The molecular weight excluding hydrogens is 215 g/mol. The van der Waals surface area contributed by atoms with Gasteiger partial charge in [0, 0.05) is 6.54 Å². The van der Waals surface area contributed by atoms with Crippen molar-refractivity contribution in [1.29, 1.82) is 0 Å². The largest absolute Gasteiger partial charge is 0.330 e. The highest BCUT2D eigenvalue weighted by Crippen LogP contribution is 2.34. The van der Waals surface area contributed by atoms with E-state index in [1.807, 2.05) is 24.3 Å². The molecule has 80 valence electrons. The number of aromatic nitrogens is 2. The van der Waals surface area contributed by atoms with Crippen LogP contribution in [0.2, 0.25) is 0 Å². The van der Waals surface area contributed by atoms with Gasteiger partial charge < -0.3 is 14.4 Å². The Morgan fingerprint density at radius 2 is 2.07 bits per heavy atom. The van der Waals surface area contributed by atoms with Gasteiger partial charge in [-0.25, -0.2) is 4.98 Å². The minimum atomic E-state index is -3.93. The first-order valence-corrected chi connectivity index (χ1v) is 6.30. The van der Waals surface area contributed by atoms with Gasteiger partial charge in [0.15, 0.2) is 0 Å². The van der Waals surface area contributed by atoms with E-state index in [9.17, 15) is 4.57 Å². The third-order valence-corrected chi connectivity index (χ3v) is 2.94. The fourth-order valence-electron chi connectivity index (χ4n) is 1.43. The summed E-state index contributed by atoms with van der Waals surface area (Å²) in [6.45, 7) is 0.283. The van der Waals surface area contributed by atoms with Crippen molar-refractivity contribution in [3.05, 3.63) is 30.6 Å². The standard InChI is InChI=1S/C9H11N2O3P/c12-15(13,14)6-5-11-7-10-8-3-1-2-4-9(8)11/h1-4,7H,5-6H2,(H2,12,13,14). The summed E-state index contributed by atoms with van der Waals surface area (Å²) in [4.78, 5) is 21.7. The lowest BCUT2D eigenvalue weighted by Gasteiger charge is -2.05. The van der Waals surface area contributed by atoms with E-state index in [0.717, 1.165) is 11.0 Å². The van der Waals surface area contributed by atoms with Gasteiger partial charge in [0.1, 0.15) is 0 Å². The van der Waals surface area contributed by atoms with Gasteiger partial charge in [-0.3, -0.25) is 4.57 Å². The molecule has 0 aliphatic carbocycles. The number of nitrogens with zero attached hydrogens (tertiary/aromatic N) is 2. The molecule has 0 atom stereocenters. The van der Waals surface area contributed by atoms with E-state index >= 15 is 0 Å². The van der Waals surface area contributed by atoms with Crippen LogP contribution in [-0.2, 0) is 11.1 Å². The van der Waals surface area contributed by atoms with Crippen molar-refractivity contribution in [2.45, 2.75) is 6.54 Å². The van der Waals surface area contributed by atoms with Gasteiger partial charge in [-0.2, -0.15) is 0 Å². The first-order valence-electron chi connectivity index (χ1n) is 4.51. The highest BCUT2D eigenvalue weighted by atomic mass is 31.2. The quantitative estimate of drug-likeness (QED) is 0.771. The van der Waals surface area contributed by atoms with Crippen molar-refractivity contribution in [2.75, 3.05) is 6.16 Å². The molecule has 1 heterocycles. The van der Waals surface area contributed by atoms with E-state index in [-0.39, 0.29) is 12.7 Å². The molecule has 0 aliphatic rings. The summed E-state index contributed by atoms with van der Waals surface area (Å²) in [6, 6.07) is 7.49. The second-order valence-electron chi connectivity index (χ2n) is 3.31. The fraction of sp³-hybridized carbons (Fsp3) is 0.222. The maximum absolute atomic E-state index is 10.7. The Morgan fingerprint density at radius 1 is 1.33 bits per heavy atom. The fourth-order valence-corrected chi connectivity index (χ4v) is 1.90. The number of aryl methyl sites for hydroxylation is 1. The van der Waals surface area contributed by atoms with E-state index < -0.39 is 7.60 Å². The molecule has 0 fully saturated rings. The molecule has 0 unspecified atom stereocenters. The lowest BCUT2D eigenvalue weighted by atomic mass is 10.3. The molecule has 0 amide bonds. The zero-order valence-electron chi connectivity index (χ0n) is 7.95. The molecule has 1 aromatic heterocycles. The first kappa shape index (κ1) is 10.4. The van der Waals surface area contributed by atoms with Gasteiger partial charge in [0.05, 0.1) is 23.5 Å². The molecule has 15 heavy (non-hydrogen) atoms. The van der Waals surface area contributed by atoms with Crippen LogP contribution < -0.4 is 0 Å². The van der Waals surface area contributed by atoms with Gasteiger partial charge >= 0.3 is 7.60 Å². The van der Waals surface area contributed by atoms with Crippen LogP contribution >= 0.6 is 7.60 Å². The molecule has 0 saturated heterocycles. The minimum absolute atomic E-state index is 0.159. The lowest BCUT2D eigenvalue weighted by molar-refractivity contribution is 0.370. The predicted molar refractivity (Wildman–Crippen MR) is 56.6 cm³/mol. The van der Waals surface area contributed by atoms with Gasteiger partial charge in [0.2, 0.25) is 0 Å². The number of benzene rings is 1. The van der Waals surface area contributed by atoms with Crippen molar-refractivity contribution in [1.82, 2.24) is 9.55 Å². The smallest absolute Gasteiger partial charge is 0.327 e. The summed E-state index contributed by atoms with van der Waals surface area (Å²) in [5.74, 6) is 0. The number of hydrogen-bond acceptors (Lipinski definition) is 2. The number of hydrogen-bond donors (Lipinski definition) is 2. The second-order valence-corrected chi connectivity index (χ2v) is 5.09. The Bertz CT molecular complexity index is 517. The molecule has 2 rings (SSSR count). The summed E-state index contributed by atoms with van der Waals surface area (Å²) in [6.07, 6.45) is 1.44. The van der Waals surface area contributed by atoms with E-state index in [0.29, 0.717) is 0 Å². The van der Waals surface area contributed by atoms with Crippen LogP contribution in [0.4, 0.5) is 0 Å². The maximum atomic E-state index is 10.7. The predicted octanol–water partition coefficient (Wildman–Crippen LogP) is 1.21. The van der Waals surface area contributed by atoms with Crippen LogP contribution in [-0.4, -0.2) is 25.5 Å². The normalized spacial score (nSPS) is 12.1. The monoisotopic (exact) mass is 226 g/mol. The van der Waals surface area contributed by atoms with Crippen molar-refractivity contribution in [2.24, 2.45) is 0 Å². The zero-order chi connectivity index (χ0) is 10.9. The van der Waals surface area contributed by atoms with Crippen molar-refractivity contribution < 1.29 is 14.4 Å². The highest BCUT2D eigenvalue weighted by molar-refractivity contribution is 7.51. The van der Waals surface area contributed by atoms with Crippen LogP contribution in [0.15, 0.2) is 30.6 Å². The molecule has 2 aromatic rings. The molecule has 0 spiro atoms. The Morgan fingerprint density at radius 3 is 2.80 bits per heavy atom. The minimum Gasteiger partial charge on any atom is -0.330 e. The molecule has 6 heteroatoms. The first-order chi connectivity index (χ1) is 7.06. The van der Waals surface area contributed by atoms with Gasteiger partial charge in [-0.15, -0.1) is 0 Å². The Labute approximate surface area is 86.5 Å². The molecular formula is C9H11N2O3P. The van der Waals surface area contributed by atoms with Crippen molar-refractivity contribution in [3.63, 3.8) is 0 Å². The van der Waals surface area contributed by atoms with E-state index in [4.69, 9.17) is 9.79 Å². The summed E-state index contributed by atoms with van der Waals surface area (Å²) < 4.78 is 12.5. The van der Waals surface area contributed by atoms with Gasteiger partial charge in [-0.05, 0) is 12.1 Å². The van der Waals surface area contributed by atoms with E-state index in [2.05, 4.69) is 4.98 Å². The Balaban J connectivity index is 2.25.